The fourth-order valence-electron chi connectivity index (χ4n) is 3.35. The van der Waals surface area contributed by atoms with Gasteiger partial charge in [0.25, 0.3) is 0 Å². The van der Waals surface area contributed by atoms with Crippen molar-refractivity contribution in [3.8, 4) is 34.4 Å². The van der Waals surface area contributed by atoms with Crippen LogP contribution in [-0.2, 0) is 0 Å². The van der Waals surface area contributed by atoms with E-state index in [0.717, 1.165) is 44.7 Å². The zero-order chi connectivity index (χ0) is 19.0. The molecule has 0 N–H and O–H groups in total. The summed E-state index contributed by atoms with van der Waals surface area (Å²) in [5.41, 5.74) is 7.39. The third kappa shape index (κ3) is 3.04. The van der Waals surface area contributed by atoms with Gasteiger partial charge in [0.2, 0.25) is 5.89 Å². The molecule has 0 fully saturated rings. The van der Waals surface area contributed by atoms with Crippen LogP contribution in [0.15, 0.2) is 59.0 Å². The maximum absolute atomic E-state index is 8.93. The lowest BCUT2D eigenvalue weighted by Crippen LogP contribution is -1.92. The predicted molar refractivity (Wildman–Crippen MR) is 106 cm³/mol. The van der Waals surface area contributed by atoms with Crippen molar-refractivity contribution in [3.63, 3.8) is 0 Å². The second-order valence-corrected chi connectivity index (χ2v) is 6.53. The molecule has 132 valence electrons. The highest BCUT2D eigenvalue weighted by Gasteiger charge is 2.11. The number of oxazole rings is 1. The molecule has 0 aliphatic carbocycles. The lowest BCUT2D eigenvalue weighted by atomic mass is 9.99. The Kier molecular flexibility index (Phi) is 4.13. The van der Waals surface area contributed by atoms with Crippen LogP contribution in [0.1, 0.15) is 16.7 Å². The summed E-state index contributed by atoms with van der Waals surface area (Å²) in [7, 11) is 1.69. The zero-order valence-corrected chi connectivity index (χ0v) is 15.4. The number of aromatic nitrogens is 1. The van der Waals surface area contributed by atoms with Crippen LogP contribution in [-0.4, -0.2) is 12.1 Å². The quantitative estimate of drug-likeness (QED) is 0.476. The van der Waals surface area contributed by atoms with E-state index >= 15 is 0 Å². The number of rotatable bonds is 3. The molecular weight excluding hydrogens is 336 g/mol. The van der Waals surface area contributed by atoms with E-state index < -0.39 is 0 Å². The molecule has 0 unspecified atom stereocenters. The molecule has 0 aliphatic rings. The van der Waals surface area contributed by atoms with E-state index in [4.69, 9.17) is 14.4 Å². The SMILES string of the molecule is COc1c(C)cc(-c2ccc3nc(-c4ccc(C#N)cc4)oc3c2)cc1C. The first kappa shape index (κ1) is 16.9. The van der Waals surface area contributed by atoms with Crippen LogP contribution >= 0.6 is 0 Å². The van der Waals surface area contributed by atoms with Crippen LogP contribution < -0.4 is 4.74 Å². The number of hydrogen-bond acceptors (Lipinski definition) is 4. The van der Waals surface area contributed by atoms with Crippen LogP contribution in [0.2, 0.25) is 0 Å². The van der Waals surface area contributed by atoms with E-state index in [2.05, 4.69) is 23.2 Å². The van der Waals surface area contributed by atoms with Gasteiger partial charge < -0.3 is 9.15 Å². The van der Waals surface area contributed by atoms with Gasteiger partial charge in [0.15, 0.2) is 5.58 Å². The third-order valence-electron chi connectivity index (χ3n) is 4.65. The number of nitrogens with zero attached hydrogens (tertiary/aromatic N) is 2. The minimum atomic E-state index is 0.550. The summed E-state index contributed by atoms with van der Waals surface area (Å²) in [6.45, 7) is 4.09. The van der Waals surface area contributed by atoms with Gasteiger partial charge in [-0.3, -0.25) is 0 Å². The highest BCUT2D eigenvalue weighted by atomic mass is 16.5. The van der Waals surface area contributed by atoms with E-state index in [1.807, 2.05) is 44.2 Å². The molecule has 0 atom stereocenters. The fourth-order valence-corrected chi connectivity index (χ4v) is 3.35. The highest BCUT2D eigenvalue weighted by molar-refractivity contribution is 5.82. The van der Waals surface area contributed by atoms with Gasteiger partial charge in [-0.1, -0.05) is 6.07 Å². The standard InChI is InChI=1S/C23H18N2O2/c1-14-10-19(11-15(2)22(14)26-3)18-8-9-20-21(12-18)27-23(25-20)17-6-4-16(13-24)5-7-17/h4-12H,1-3H3. The number of fused-ring (bicyclic) bond motifs is 1. The molecule has 0 radical (unpaired) electrons. The summed E-state index contributed by atoms with van der Waals surface area (Å²) in [6.07, 6.45) is 0. The molecule has 0 aliphatic heterocycles. The van der Waals surface area contributed by atoms with Crippen molar-refractivity contribution in [1.29, 1.82) is 5.26 Å². The number of aryl methyl sites for hydroxylation is 2. The molecule has 3 aromatic carbocycles. The Morgan fingerprint density at radius 1 is 0.889 bits per heavy atom. The van der Waals surface area contributed by atoms with Gasteiger partial charge in [0.1, 0.15) is 11.3 Å². The van der Waals surface area contributed by atoms with Crippen LogP contribution in [0.5, 0.6) is 5.75 Å². The maximum Gasteiger partial charge on any atom is 0.227 e. The Morgan fingerprint density at radius 2 is 1.56 bits per heavy atom. The lowest BCUT2D eigenvalue weighted by Gasteiger charge is -2.11. The predicted octanol–water partition coefficient (Wildman–Crippen LogP) is 5.66. The Labute approximate surface area is 157 Å². The number of benzene rings is 3. The van der Waals surface area contributed by atoms with Gasteiger partial charge in [0, 0.05) is 5.56 Å². The summed E-state index contributed by atoms with van der Waals surface area (Å²) in [5, 5.41) is 8.93. The van der Waals surface area contributed by atoms with Crippen molar-refractivity contribution in [3.05, 3.63) is 71.3 Å². The lowest BCUT2D eigenvalue weighted by molar-refractivity contribution is 0.408. The van der Waals surface area contributed by atoms with Crippen LogP contribution in [0.25, 0.3) is 33.7 Å². The molecule has 4 heteroatoms. The van der Waals surface area contributed by atoms with Crippen molar-refractivity contribution in [2.24, 2.45) is 0 Å². The number of ether oxygens (including phenoxy) is 1. The van der Waals surface area contributed by atoms with Crippen LogP contribution in [0.3, 0.4) is 0 Å². The molecule has 0 saturated heterocycles. The van der Waals surface area contributed by atoms with E-state index in [-0.39, 0.29) is 0 Å². The minimum absolute atomic E-state index is 0.550. The summed E-state index contributed by atoms with van der Waals surface area (Å²) in [5.74, 6) is 1.47. The summed E-state index contributed by atoms with van der Waals surface area (Å²) in [6, 6.07) is 19.6. The Morgan fingerprint density at radius 3 is 2.19 bits per heavy atom. The molecule has 0 bridgehead atoms. The molecule has 0 amide bonds. The number of hydrogen-bond donors (Lipinski definition) is 0. The van der Waals surface area contributed by atoms with Gasteiger partial charge in [-0.15, -0.1) is 0 Å². The first-order chi connectivity index (χ1) is 13.1. The van der Waals surface area contributed by atoms with Gasteiger partial charge in [-0.2, -0.15) is 5.26 Å². The molecule has 27 heavy (non-hydrogen) atoms. The van der Waals surface area contributed by atoms with Crippen molar-refractivity contribution < 1.29 is 9.15 Å². The Bertz CT molecular complexity index is 1160. The average Bonchev–Trinajstić information content (AvgIpc) is 3.11. The first-order valence-electron chi connectivity index (χ1n) is 8.66. The second-order valence-electron chi connectivity index (χ2n) is 6.53. The molecule has 0 spiro atoms. The zero-order valence-electron chi connectivity index (χ0n) is 15.4. The topological polar surface area (TPSA) is 59.0 Å². The minimum Gasteiger partial charge on any atom is -0.496 e. The normalized spacial score (nSPS) is 10.7. The summed E-state index contributed by atoms with van der Waals surface area (Å²) >= 11 is 0. The van der Waals surface area contributed by atoms with Gasteiger partial charge in [-0.25, -0.2) is 4.98 Å². The van der Waals surface area contributed by atoms with Crippen molar-refractivity contribution in [1.82, 2.24) is 4.98 Å². The fraction of sp³-hybridized carbons (Fsp3) is 0.130. The largest absolute Gasteiger partial charge is 0.496 e. The second kappa shape index (κ2) is 6.62. The average molecular weight is 354 g/mol. The molecule has 4 nitrogen and oxygen atoms in total. The summed E-state index contributed by atoms with van der Waals surface area (Å²) < 4.78 is 11.4. The summed E-state index contributed by atoms with van der Waals surface area (Å²) in [4.78, 5) is 4.57. The third-order valence-corrected chi connectivity index (χ3v) is 4.65. The molecule has 0 saturated carbocycles. The molecule has 4 aromatic rings. The van der Waals surface area contributed by atoms with Crippen LogP contribution in [0.4, 0.5) is 0 Å². The Hall–Kier alpha value is -3.58. The van der Waals surface area contributed by atoms with E-state index in [1.165, 1.54) is 0 Å². The van der Waals surface area contributed by atoms with Crippen molar-refractivity contribution in [2.75, 3.05) is 7.11 Å². The molecule has 1 heterocycles. The van der Waals surface area contributed by atoms with E-state index in [9.17, 15) is 0 Å². The van der Waals surface area contributed by atoms with E-state index in [1.54, 1.807) is 19.2 Å². The van der Waals surface area contributed by atoms with Gasteiger partial charge in [0.05, 0.1) is 18.7 Å². The molecular formula is C23H18N2O2. The monoisotopic (exact) mass is 354 g/mol. The van der Waals surface area contributed by atoms with Gasteiger partial charge in [-0.05, 0) is 84.6 Å². The molecule has 4 rings (SSSR count). The molecule has 1 aromatic heterocycles. The highest BCUT2D eigenvalue weighted by Crippen LogP contribution is 2.32. The maximum atomic E-state index is 8.93. The van der Waals surface area contributed by atoms with Crippen molar-refractivity contribution in [2.45, 2.75) is 13.8 Å². The van der Waals surface area contributed by atoms with Gasteiger partial charge >= 0.3 is 0 Å². The Balaban J connectivity index is 1.76. The number of methoxy groups -OCH3 is 1. The van der Waals surface area contributed by atoms with E-state index in [0.29, 0.717) is 11.5 Å². The smallest absolute Gasteiger partial charge is 0.227 e. The first-order valence-corrected chi connectivity index (χ1v) is 8.66. The number of nitriles is 1. The van der Waals surface area contributed by atoms with Crippen LogP contribution in [0, 0.1) is 25.2 Å². The van der Waals surface area contributed by atoms with Crippen molar-refractivity contribution >= 4 is 11.1 Å².